The molecule has 0 fully saturated rings. The van der Waals surface area contributed by atoms with Crippen LogP contribution in [0, 0.1) is 0 Å². The van der Waals surface area contributed by atoms with Crippen LogP contribution in [0.3, 0.4) is 0 Å². The number of fused-ring (bicyclic) bond motifs is 1. The van der Waals surface area contributed by atoms with Crippen molar-refractivity contribution in [2.75, 3.05) is 33.2 Å². The fourth-order valence-electron chi connectivity index (χ4n) is 2.96. The molecule has 0 unspecified atom stereocenters. The molecule has 0 aliphatic rings. The van der Waals surface area contributed by atoms with Gasteiger partial charge in [0.15, 0.2) is 11.5 Å². The summed E-state index contributed by atoms with van der Waals surface area (Å²) < 4.78 is 15.8. The van der Waals surface area contributed by atoms with Crippen molar-refractivity contribution in [3.63, 3.8) is 0 Å². The van der Waals surface area contributed by atoms with Gasteiger partial charge in [-0.3, -0.25) is 9.59 Å². The first-order chi connectivity index (χ1) is 14.0. The summed E-state index contributed by atoms with van der Waals surface area (Å²) in [6.45, 7) is 0.199. The van der Waals surface area contributed by atoms with Crippen LogP contribution in [-0.4, -0.2) is 44.7 Å². The Morgan fingerprint density at radius 3 is 2.55 bits per heavy atom. The molecule has 0 atom stereocenters. The van der Waals surface area contributed by atoms with E-state index in [0.717, 1.165) is 10.9 Å². The SMILES string of the molecule is COc1cccc(NC(=O)CCNC(=O)c2cc3c(OC)c(OC)ccc3[nH]2)c1. The van der Waals surface area contributed by atoms with Crippen molar-refractivity contribution in [3.8, 4) is 17.2 Å². The number of carbonyl (C=O) groups excluding carboxylic acids is 2. The second-order valence-electron chi connectivity index (χ2n) is 6.23. The van der Waals surface area contributed by atoms with Gasteiger partial charge < -0.3 is 29.8 Å². The predicted molar refractivity (Wildman–Crippen MR) is 110 cm³/mol. The summed E-state index contributed by atoms with van der Waals surface area (Å²) in [7, 11) is 4.66. The number of anilines is 1. The third-order valence-electron chi connectivity index (χ3n) is 4.38. The standard InChI is InChI=1S/C21H23N3O5/c1-27-14-6-4-5-13(11-14)23-19(25)9-10-22-21(26)17-12-15-16(24-17)7-8-18(28-2)20(15)29-3/h4-8,11-12,24H,9-10H2,1-3H3,(H,22,26)(H,23,25). The fraction of sp³-hybridized carbons (Fsp3) is 0.238. The van der Waals surface area contributed by atoms with Crippen LogP contribution in [0.1, 0.15) is 16.9 Å². The van der Waals surface area contributed by atoms with E-state index in [2.05, 4.69) is 15.6 Å². The number of methoxy groups -OCH3 is 3. The molecule has 152 valence electrons. The Morgan fingerprint density at radius 2 is 1.83 bits per heavy atom. The van der Waals surface area contributed by atoms with Crippen molar-refractivity contribution in [3.05, 3.63) is 48.2 Å². The highest BCUT2D eigenvalue weighted by Crippen LogP contribution is 2.35. The van der Waals surface area contributed by atoms with E-state index in [1.165, 1.54) is 0 Å². The second kappa shape index (κ2) is 9.01. The molecular weight excluding hydrogens is 374 g/mol. The zero-order chi connectivity index (χ0) is 20.8. The van der Waals surface area contributed by atoms with Crippen LogP contribution in [0.4, 0.5) is 5.69 Å². The third-order valence-corrected chi connectivity index (χ3v) is 4.38. The average Bonchev–Trinajstić information content (AvgIpc) is 3.17. The molecule has 3 N–H and O–H groups in total. The first kappa shape index (κ1) is 20.1. The maximum absolute atomic E-state index is 12.4. The van der Waals surface area contributed by atoms with Crippen molar-refractivity contribution in [1.29, 1.82) is 0 Å². The first-order valence-corrected chi connectivity index (χ1v) is 9.01. The molecule has 29 heavy (non-hydrogen) atoms. The Labute approximate surface area is 168 Å². The minimum atomic E-state index is -0.309. The Hall–Kier alpha value is -3.68. The van der Waals surface area contributed by atoms with E-state index in [9.17, 15) is 9.59 Å². The zero-order valence-corrected chi connectivity index (χ0v) is 16.5. The molecule has 2 aromatic carbocycles. The van der Waals surface area contributed by atoms with Gasteiger partial charge in [0, 0.05) is 30.1 Å². The molecule has 0 aliphatic heterocycles. The van der Waals surface area contributed by atoms with Crippen LogP contribution >= 0.6 is 0 Å². The number of hydrogen-bond donors (Lipinski definition) is 3. The van der Waals surface area contributed by atoms with Crippen LogP contribution in [-0.2, 0) is 4.79 Å². The van der Waals surface area contributed by atoms with Crippen molar-refractivity contribution in [1.82, 2.24) is 10.3 Å². The third kappa shape index (κ3) is 4.60. The van der Waals surface area contributed by atoms with Gasteiger partial charge in [0.1, 0.15) is 11.4 Å². The number of benzene rings is 2. The molecule has 0 radical (unpaired) electrons. The molecule has 8 nitrogen and oxygen atoms in total. The Morgan fingerprint density at radius 1 is 1.00 bits per heavy atom. The lowest BCUT2D eigenvalue weighted by Gasteiger charge is -2.07. The topological polar surface area (TPSA) is 102 Å². The predicted octanol–water partition coefficient (Wildman–Crippen LogP) is 2.95. The van der Waals surface area contributed by atoms with Crippen LogP contribution in [0.15, 0.2) is 42.5 Å². The van der Waals surface area contributed by atoms with Gasteiger partial charge in [0.25, 0.3) is 5.91 Å². The molecule has 1 heterocycles. The number of aromatic nitrogens is 1. The van der Waals surface area contributed by atoms with E-state index < -0.39 is 0 Å². The minimum Gasteiger partial charge on any atom is -0.497 e. The Bertz CT molecular complexity index is 1030. The molecule has 8 heteroatoms. The van der Waals surface area contributed by atoms with Crippen molar-refractivity contribution < 1.29 is 23.8 Å². The highest BCUT2D eigenvalue weighted by atomic mass is 16.5. The largest absolute Gasteiger partial charge is 0.497 e. The van der Waals surface area contributed by atoms with Gasteiger partial charge in [-0.25, -0.2) is 0 Å². The Balaban J connectivity index is 1.58. The normalized spacial score (nSPS) is 10.4. The number of ether oxygens (including phenoxy) is 3. The van der Waals surface area contributed by atoms with Crippen LogP contribution < -0.4 is 24.8 Å². The lowest BCUT2D eigenvalue weighted by atomic mass is 10.2. The number of carbonyl (C=O) groups is 2. The molecule has 0 saturated heterocycles. The molecule has 0 bridgehead atoms. The van der Waals surface area contributed by atoms with Gasteiger partial charge >= 0.3 is 0 Å². The molecule has 0 spiro atoms. The van der Waals surface area contributed by atoms with E-state index in [1.807, 2.05) is 6.07 Å². The van der Waals surface area contributed by atoms with E-state index in [4.69, 9.17) is 14.2 Å². The number of hydrogen-bond acceptors (Lipinski definition) is 5. The summed E-state index contributed by atoms with van der Waals surface area (Å²) in [5.41, 5.74) is 1.76. The lowest BCUT2D eigenvalue weighted by molar-refractivity contribution is -0.116. The van der Waals surface area contributed by atoms with Gasteiger partial charge in [0.05, 0.1) is 26.8 Å². The van der Waals surface area contributed by atoms with Crippen molar-refractivity contribution in [2.45, 2.75) is 6.42 Å². The lowest BCUT2D eigenvalue weighted by Crippen LogP contribution is -2.27. The highest BCUT2D eigenvalue weighted by Gasteiger charge is 2.15. The summed E-state index contributed by atoms with van der Waals surface area (Å²) in [4.78, 5) is 27.6. The highest BCUT2D eigenvalue weighted by molar-refractivity contribution is 6.00. The van der Waals surface area contributed by atoms with Crippen LogP contribution in [0.25, 0.3) is 10.9 Å². The van der Waals surface area contributed by atoms with E-state index in [-0.39, 0.29) is 24.8 Å². The van der Waals surface area contributed by atoms with Gasteiger partial charge in [0.2, 0.25) is 5.91 Å². The monoisotopic (exact) mass is 397 g/mol. The number of H-pyrrole nitrogens is 1. The zero-order valence-electron chi connectivity index (χ0n) is 16.5. The minimum absolute atomic E-state index is 0.139. The molecule has 3 aromatic rings. The van der Waals surface area contributed by atoms with Crippen LogP contribution in [0.2, 0.25) is 0 Å². The van der Waals surface area contributed by atoms with Gasteiger partial charge in [-0.1, -0.05) is 6.07 Å². The summed E-state index contributed by atoms with van der Waals surface area (Å²) in [5.74, 6) is 1.28. The first-order valence-electron chi connectivity index (χ1n) is 9.01. The van der Waals surface area contributed by atoms with E-state index in [0.29, 0.717) is 28.6 Å². The number of nitrogens with one attached hydrogen (secondary N) is 3. The summed E-state index contributed by atoms with van der Waals surface area (Å²) in [5, 5.41) is 6.25. The number of amides is 2. The maximum Gasteiger partial charge on any atom is 0.267 e. The average molecular weight is 397 g/mol. The summed E-state index contributed by atoms with van der Waals surface area (Å²) in [6, 6.07) is 12.4. The molecule has 2 amide bonds. The number of rotatable bonds is 8. The smallest absolute Gasteiger partial charge is 0.267 e. The summed E-state index contributed by atoms with van der Waals surface area (Å²) >= 11 is 0. The molecular formula is C21H23N3O5. The molecule has 0 saturated carbocycles. The van der Waals surface area contributed by atoms with E-state index in [1.54, 1.807) is 57.7 Å². The second-order valence-corrected chi connectivity index (χ2v) is 6.23. The quantitative estimate of drug-likeness (QED) is 0.542. The van der Waals surface area contributed by atoms with E-state index >= 15 is 0 Å². The van der Waals surface area contributed by atoms with Gasteiger partial charge in [-0.2, -0.15) is 0 Å². The Kier molecular flexibility index (Phi) is 6.23. The van der Waals surface area contributed by atoms with Gasteiger partial charge in [-0.05, 0) is 30.3 Å². The fourth-order valence-corrected chi connectivity index (χ4v) is 2.96. The maximum atomic E-state index is 12.4. The molecule has 1 aromatic heterocycles. The summed E-state index contributed by atoms with van der Waals surface area (Å²) in [6.07, 6.45) is 0.139. The van der Waals surface area contributed by atoms with Crippen molar-refractivity contribution in [2.24, 2.45) is 0 Å². The molecule has 0 aliphatic carbocycles. The number of aromatic amines is 1. The van der Waals surface area contributed by atoms with Crippen molar-refractivity contribution >= 4 is 28.4 Å². The van der Waals surface area contributed by atoms with Gasteiger partial charge in [-0.15, -0.1) is 0 Å². The van der Waals surface area contributed by atoms with Crippen LogP contribution in [0.5, 0.6) is 17.2 Å². The molecule has 3 rings (SSSR count).